The van der Waals surface area contributed by atoms with Gasteiger partial charge in [0.2, 0.25) is 5.95 Å². The Morgan fingerprint density at radius 2 is 2.14 bits per heavy atom. The number of aromatic nitrogens is 1. The van der Waals surface area contributed by atoms with Crippen LogP contribution in [0.5, 0.6) is 0 Å². The highest BCUT2D eigenvalue weighted by Gasteiger charge is 2.04. The first-order valence-corrected chi connectivity index (χ1v) is 4.29. The van der Waals surface area contributed by atoms with Gasteiger partial charge in [-0.3, -0.25) is 4.79 Å². The van der Waals surface area contributed by atoms with Crippen LogP contribution in [0.2, 0.25) is 5.02 Å². The van der Waals surface area contributed by atoms with Crippen molar-refractivity contribution in [3.8, 4) is 0 Å². The molecule has 0 aliphatic carbocycles. The number of rotatable bonds is 1. The van der Waals surface area contributed by atoms with Crippen molar-refractivity contribution in [2.75, 3.05) is 0 Å². The van der Waals surface area contributed by atoms with Gasteiger partial charge in [-0.15, -0.1) is 0 Å². The molecule has 2 rings (SSSR count). The van der Waals surface area contributed by atoms with Gasteiger partial charge in [0.05, 0.1) is 5.52 Å². The Morgan fingerprint density at radius 1 is 1.36 bits per heavy atom. The SMILES string of the molecule is O=Cc1cc(F)nc2cc(Cl)ccc12. The van der Waals surface area contributed by atoms with Crippen molar-refractivity contribution in [1.82, 2.24) is 4.98 Å². The second kappa shape index (κ2) is 3.35. The molecule has 0 atom stereocenters. The Morgan fingerprint density at radius 3 is 2.86 bits per heavy atom. The van der Waals surface area contributed by atoms with E-state index in [1.54, 1.807) is 12.1 Å². The average Bonchev–Trinajstić information content (AvgIpc) is 2.15. The second-order valence-electron chi connectivity index (χ2n) is 2.81. The number of benzene rings is 1. The summed E-state index contributed by atoms with van der Waals surface area (Å²) in [5.74, 6) is -0.679. The lowest BCUT2D eigenvalue weighted by molar-refractivity contribution is 0.112. The van der Waals surface area contributed by atoms with E-state index in [1.807, 2.05) is 0 Å². The van der Waals surface area contributed by atoms with Crippen LogP contribution < -0.4 is 0 Å². The minimum Gasteiger partial charge on any atom is -0.298 e. The Hall–Kier alpha value is -1.48. The van der Waals surface area contributed by atoms with Gasteiger partial charge >= 0.3 is 0 Å². The van der Waals surface area contributed by atoms with E-state index in [9.17, 15) is 9.18 Å². The maximum absolute atomic E-state index is 12.9. The number of pyridine rings is 1. The van der Waals surface area contributed by atoms with Crippen molar-refractivity contribution in [3.05, 3.63) is 40.8 Å². The summed E-state index contributed by atoms with van der Waals surface area (Å²) in [6.45, 7) is 0. The van der Waals surface area contributed by atoms with Gasteiger partial charge in [-0.25, -0.2) is 4.98 Å². The third-order valence-corrected chi connectivity index (χ3v) is 2.13. The lowest BCUT2D eigenvalue weighted by atomic mass is 10.1. The van der Waals surface area contributed by atoms with Gasteiger partial charge < -0.3 is 0 Å². The molecule has 14 heavy (non-hydrogen) atoms. The van der Waals surface area contributed by atoms with Gasteiger partial charge in [0.1, 0.15) is 0 Å². The van der Waals surface area contributed by atoms with Gasteiger partial charge in [0.25, 0.3) is 0 Å². The quantitative estimate of drug-likeness (QED) is 0.534. The zero-order valence-electron chi connectivity index (χ0n) is 7.00. The summed E-state index contributed by atoms with van der Waals surface area (Å²) in [4.78, 5) is 14.3. The van der Waals surface area contributed by atoms with Crippen LogP contribution in [0.3, 0.4) is 0 Å². The lowest BCUT2D eigenvalue weighted by Gasteiger charge is -2.00. The highest BCUT2D eigenvalue weighted by Crippen LogP contribution is 2.20. The molecule has 0 saturated carbocycles. The van der Waals surface area contributed by atoms with Crippen LogP contribution in [0, 0.1) is 5.95 Å². The fourth-order valence-corrected chi connectivity index (χ4v) is 1.46. The summed E-state index contributed by atoms with van der Waals surface area (Å²) in [5.41, 5.74) is 0.670. The molecule has 0 radical (unpaired) electrons. The summed E-state index contributed by atoms with van der Waals surface area (Å²) in [6.07, 6.45) is 0.598. The summed E-state index contributed by atoms with van der Waals surface area (Å²) < 4.78 is 12.9. The van der Waals surface area contributed by atoms with Crippen molar-refractivity contribution in [2.24, 2.45) is 0 Å². The molecule has 1 heterocycles. The number of hydrogen-bond donors (Lipinski definition) is 0. The molecule has 2 aromatic rings. The van der Waals surface area contributed by atoms with Crippen LogP contribution >= 0.6 is 11.6 Å². The fraction of sp³-hybridized carbons (Fsp3) is 0. The molecule has 1 aromatic heterocycles. The van der Waals surface area contributed by atoms with Crippen LogP contribution in [-0.2, 0) is 0 Å². The number of nitrogens with zero attached hydrogens (tertiary/aromatic N) is 1. The first kappa shape index (κ1) is 9.09. The highest BCUT2D eigenvalue weighted by atomic mass is 35.5. The van der Waals surface area contributed by atoms with Gasteiger partial charge in [-0.2, -0.15) is 4.39 Å². The molecule has 0 spiro atoms. The molecule has 70 valence electrons. The molecule has 0 unspecified atom stereocenters. The number of carbonyl (C=O) groups is 1. The average molecular weight is 210 g/mol. The highest BCUT2D eigenvalue weighted by molar-refractivity contribution is 6.31. The number of fused-ring (bicyclic) bond motifs is 1. The zero-order chi connectivity index (χ0) is 10.1. The van der Waals surface area contributed by atoms with E-state index in [0.29, 0.717) is 22.2 Å². The molecule has 0 aliphatic rings. The monoisotopic (exact) mass is 209 g/mol. The normalized spacial score (nSPS) is 10.4. The van der Waals surface area contributed by atoms with Gasteiger partial charge in [-0.1, -0.05) is 17.7 Å². The largest absolute Gasteiger partial charge is 0.298 e. The molecule has 0 aliphatic heterocycles. The summed E-state index contributed by atoms with van der Waals surface area (Å²) >= 11 is 5.72. The Labute approximate surface area is 84.3 Å². The maximum Gasteiger partial charge on any atom is 0.214 e. The summed E-state index contributed by atoms with van der Waals surface area (Å²) in [5, 5.41) is 1.07. The van der Waals surface area contributed by atoms with Crippen LogP contribution in [0.4, 0.5) is 4.39 Å². The first-order valence-electron chi connectivity index (χ1n) is 3.91. The first-order chi connectivity index (χ1) is 6.70. The predicted molar refractivity (Wildman–Crippen MR) is 52.1 cm³/mol. The van der Waals surface area contributed by atoms with Crippen LogP contribution in [0.15, 0.2) is 24.3 Å². The minimum absolute atomic E-state index is 0.282. The van der Waals surface area contributed by atoms with E-state index >= 15 is 0 Å². The number of halogens is 2. The molecule has 0 saturated heterocycles. The van der Waals surface area contributed by atoms with Crippen molar-refractivity contribution in [1.29, 1.82) is 0 Å². The lowest BCUT2D eigenvalue weighted by Crippen LogP contribution is -1.90. The second-order valence-corrected chi connectivity index (χ2v) is 3.25. The molecule has 0 bridgehead atoms. The van der Waals surface area contributed by atoms with Crippen molar-refractivity contribution in [2.45, 2.75) is 0 Å². The van der Waals surface area contributed by atoms with E-state index in [-0.39, 0.29) is 5.56 Å². The Bertz CT molecular complexity index is 507. The summed E-state index contributed by atoms with van der Waals surface area (Å²) in [6, 6.07) is 5.90. The van der Waals surface area contributed by atoms with Crippen LogP contribution in [0.1, 0.15) is 10.4 Å². The van der Waals surface area contributed by atoms with Gasteiger partial charge in [0, 0.05) is 22.0 Å². The minimum atomic E-state index is -0.679. The molecule has 4 heteroatoms. The predicted octanol–water partition coefficient (Wildman–Crippen LogP) is 2.84. The van der Waals surface area contributed by atoms with Crippen LogP contribution in [-0.4, -0.2) is 11.3 Å². The fourth-order valence-electron chi connectivity index (χ4n) is 1.29. The number of hydrogen-bond acceptors (Lipinski definition) is 2. The topological polar surface area (TPSA) is 30.0 Å². The molecular weight excluding hydrogens is 205 g/mol. The zero-order valence-corrected chi connectivity index (χ0v) is 7.75. The maximum atomic E-state index is 12.9. The molecule has 0 N–H and O–H groups in total. The third kappa shape index (κ3) is 1.46. The van der Waals surface area contributed by atoms with E-state index in [1.165, 1.54) is 6.07 Å². The summed E-state index contributed by atoms with van der Waals surface area (Å²) in [7, 11) is 0. The smallest absolute Gasteiger partial charge is 0.214 e. The van der Waals surface area contributed by atoms with E-state index in [0.717, 1.165) is 6.07 Å². The molecule has 2 nitrogen and oxygen atoms in total. The van der Waals surface area contributed by atoms with E-state index < -0.39 is 5.95 Å². The van der Waals surface area contributed by atoms with Gasteiger partial charge in [0.15, 0.2) is 6.29 Å². The third-order valence-electron chi connectivity index (χ3n) is 1.90. The van der Waals surface area contributed by atoms with Crippen LogP contribution in [0.25, 0.3) is 10.9 Å². The number of carbonyl (C=O) groups excluding carboxylic acids is 1. The van der Waals surface area contributed by atoms with Crippen molar-refractivity contribution in [3.63, 3.8) is 0 Å². The van der Waals surface area contributed by atoms with Gasteiger partial charge in [-0.05, 0) is 12.1 Å². The number of aldehydes is 1. The molecule has 0 amide bonds. The molecule has 1 aromatic carbocycles. The van der Waals surface area contributed by atoms with Crippen molar-refractivity contribution >= 4 is 28.8 Å². The molecule has 0 fully saturated rings. The Balaban J connectivity index is 2.87. The van der Waals surface area contributed by atoms with E-state index in [4.69, 9.17) is 11.6 Å². The Kier molecular flexibility index (Phi) is 2.17. The van der Waals surface area contributed by atoms with E-state index in [2.05, 4.69) is 4.98 Å². The molecular formula is C10H5ClFNO. The van der Waals surface area contributed by atoms with Crippen molar-refractivity contribution < 1.29 is 9.18 Å². The standard InChI is InChI=1S/C10H5ClFNO/c11-7-1-2-8-6(5-14)3-10(12)13-9(8)4-7/h1-5H.